The minimum absolute atomic E-state index is 0.140. The topological polar surface area (TPSA) is 72.0 Å². The first-order valence-electron chi connectivity index (χ1n) is 8.00. The predicted octanol–water partition coefficient (Wildman–Crippen LogP) is 2.08. The normalized spacial score (nSPS) is 15.6. The third-order valence-corrected chi connectivity index (χ3v) is 3.99. The molecule has 0 bridgehead atoms. The van der Waals surface area contributed by atoms with Gasteiger partial charge in [0.2, 0.25) is 0 Å². The van der Waals surface area contributed by atoms with Crippen LogP contribution in [0.15, 0.2) is 23.3 Å². The fourth-order valence-electron chi connectivity index (χ4n) is 2.68. The molecule has 1 aromatic rings. The molecule has 0 atom stereocenters. The van der Waals surface area contributed by atoms with E-state index in [2.05, 4.69) is 15.8 Å². The zero-order chi connectivity index (χ0) is 16.5. The number of hydrogen-bond acceptors (Lipinski definition) is 5. The van der Waals surface area contributed by atoms with Gasteiger partial charge in [0.1, 0.15) is 11.5 Å². The van der Waals surface area contributed by atoms with E-state index in [4.69, 9.17) is 9.47 Å². The number of nitrogens with zero attached hydrogens (tertiary/aromatic N) is 1. The van der Waals surface area contributed by atoms with Crippen molar-refractivity contribution in [3.8, 4) is 11.5 Å². The van der Waals surface area contributed by atoms with Crippen molar-refractivity contribution in [1.82, 2.24) is 10.7 Å². The molecule has 6 nitrogen and oxygen atoms in total. The van der Waals surface area contributed by atoms with Gasteiger partial charge in [0.05, 0.1) is 27.0 Å². The van der Waals surface area contributed by atoms with Gasteiger partial charge in [-0.2, -0.15) is 5.10 Å². The molecule has 6 heteroatoms. The van der Waals surface area contributed by atoms with Crippen LogP contribution in [-0.4, -0.2) is 38.9 Å². The Kier molecular flexibility index (Phi) is 6.87. The second-order valence-corrected chi connectivity index (χ2v) is 5.62. The maximum atomic E-state index is 11.8. The molecule has 2 N–H and O–H groups in total. The van der Waals surface area contributed by atoms with Gasteiger partial charge in [-0.25, -0.2) is 5.43 Å². The van der Waals surface area contributed by atoms with Gasteiger partial charge in [0.25, 0.3) is 5.91 Å². The number of hydrogen-bond donors (Lipinski definition) is 2. The molecule has 23 heavy (non-hydrogen) atoms. The van der Waals surface area contributed by atoms with Crippen LogP contribution in [0.1, 0.15) is 37.7 Å². The van der Waals surface area contributed by atoms with Crippen LogP contribution in [0, 0.1) is 0 Å². The van der Waals surface area contributed by atoms with Crippen molar-refractivity contribution in [2.45, 2.75) is 38.1 Å². The minimum atomic E-state index is -0.140. The third kappa shape index (κ3) is 5.56. The van der Waals surface area contributed by atoms with Crippen LogP contribution in [0.25, 0.3) is 0 Å². The maximum absolute atomic E-state index is 11.8. The molecule has 0 saturated heterocycles. The molecule has 1 saturated carbocycles. The minimum Gasteiger partial charge on any atom is -0.497 e. The number of benzene rings is 1. The zero-order valence-electron chi connectivity index (χ0n) is 13.8. The lowest BCUT2D eigenvalue weighted by Gasteiger charge is -2.22. The summed E-state index contributed by atoms with van der Waals surface area (Å²) in [6.07, 6.45) is 7.66. The third-order valence-electron chi connectivity index (χ3n) is 3.99. The quantitative estimate of drug-likeness (QED) is 0.596. The molecule has 126 valence electrons. The first-order valence-corrected chi connectivity index (χ1v) is 8.00. The predicted molar refractivity (Wildman–Crippen MR) is 90.2 cm³/mol. The van der Waals surface area contributed by atoms with Gasteiger partial charge in [-0.15, -0.1) is 0 Å². The van der Waals surface area contributed by atoms with Crippen LogP contribution in [0.4, 0.5) is 0 Å². The Labute approximate surface area is 137 Å². The Morgan fingerprint density at radius 1 is 1.26 bits per heavy atom. The second-order valence-electron chi connectivity index (χ2n) is 5.62. The summed E-state index contributed by atoms with van der Waals surface area (Å²) in [4.78, 5) is 11.8. The van der Waals surface area contributed by atoms with Crippen LogP contribution in [0.2, 0.25) is 0 Å². The highest BCUT2D eigenvalue weighted by molar-refractivity contribution is 5.86. The molecule has 1 aliphatic rings. The summed E-state index contributed by atoms with van der Waals surface area (Å²) in [5.41, 5.74) is 3.30. The summed E-state index contributed by atoms with van der Waals surface area (Å²) in [5.74, 6) is 1.21. The van der Waals surface area contributed by atoms with Gasteiger partial charge < -0.3 is 14.8 Å². The second kappa shape index (κ2) is 9.15. The van der Waals surface area contributed by atoms with Crippen molar-refractivity contribution in [3.63, 3.8) is 0 Å². The van der Waals surface area contributed by atoms with Gasteiger partial charge in [0.15, 0.2) is 0 Å². The van der Waals surface area contributed by atoms with Crippen molar-refractivity contribution < 1.29 is 14.3 Å². The number of ether oxygens (including phenoxy) is 2. The van der Waals surface area contributed by atoms with Crippen LogP contribution < -0.4 is 20.2 Å². The molecule has 1 aliphatic carbocycles. The summed E-state index contributed by atoms with van der Waals surface area (Å²) in [7, 11) is 3.18. The smallest absolute Gasteiger partial charge is 0.254 e. The zero-order valence-corrected chi connectivity index (χ0v) is 13.8. The van der Waals surface area contributed by atoms with Crippen LogP contribution >= 0.6 is 0 Å². The van der Waals surface area contributed by atoms with Crippen molar-refractivity contribution >= 4 is 12.1 Å². The van der Waals surface area contributed by atoms with Gasteiger partial charge in [-0.05, 0) is 25.0 Å². The Balaban J connectivity index is 1.80. The number of hydrazone groups is 1. The van der Waals surface area contributed by atoms with Gasteiger partial charge >= 0.3 is 0 Å². The Hall–Kier alpha value is -2.08. The first kappa shape index (κ1) is 17.3. The SMILES string of the molecule is COc1ccc(/C=N\NC(=O)CNC2CCCCC2)c(OC)c1. The largest absolute Gasteiger partial charge is 0.497 e. The molecule has 2 rings (SSSR count). The van der Waals surface area contributed by atoms with E-state index in [9.17, 15) is 4.79 Å². The maximum Gasteiger partial charge on any atom is 0.254 e. The molecule has 1 amide bonds. The molecule has 0 unspecified atom stereocenters. The van der Waals surface area contributed by atoms with Crippen LogP contribution in [0.3, 0.4) is 0 Å². The summed E-state index contributed by atoms with van der Waals surface area (Å²) >= 11 is 0. The van der Waals surface area contributed by atoms with E-state index in [1.54, 1.807) is 26.5 Å². The number of nitrogens with one attached hydrogen (secondary N) is 2. The number of methoxy groups -OCH3 is 2. The molecule has 1 fully saturated rings. The van der Waals surface area contributed by atoms with Gasteiger partial charge in [-0.3, -0.25) is 4.79 Å². The van der Waals surface area contributed by atoms with E-state index in [0.29, 0.717) is 24.1 Å². The lowest BCUT2D eigenvalue weighted by Crippen LogP contribution is -2.38. The molecule has 1 aromatic carbocycles. The molecular weight excluding hydrogens is 294 g/mol. The van der Waals surface area contributed by atoms with Crippen LogP contribution in [-0.2, 0) is 4.79 Å². The molecule has 0 aromatic heterocycles. The Bertz CT molecular complexity index is 540. The molecule has 0 aliphatic heterocycles. The monoisotopic (exact) mass is 319 g/mol. The lowest BCUT2D eigenvalue weighted by molar-refractivity contribution is -0.120. The van der Waals surface area contributed by atoms with Crippen molar-refractivity contribution in [2.24, 2.45) is 5.10 Å². The highest BCUT2D eigenvalue weighted by atomic mass is 16.5. The van der Waals surface area contributed by atoms with Gasteiger partial charge in [0, 0.05) is 17.7 Å². The van der Waals surface area contributed by atoms with E-state index in [0.717, 1.165) is 18.4 Å². The van der Waals surface area contributed by atoms with Crippen molar-refractivity contribution in [2.75, 3.05) is 20.8 Å². The first-order chi connectivity index (χ1) is 11.2. The summed E-state index contributed by atoms with van der Waals surface area (Å²) in [6, 6.07) is 5.87. The number of rotatable bonds is 7. The Morgan fingerprint density at radius 3 is 2.74 bits per heavy atom. The van der Waals surface area contributed by atoms with Gasteiger partial charge in [-0.1, -0.05) is 19.3 Å². The van der Waals surface area contributed by atoms with E-state index < -0.39 is 0 Å². The van der Waals surface area contributed by atoms with Crippen LogP contribution in [0.5, 0.6) is 11.5 Å². The van der Waals surface area contributed by atoms with E-state index in [-0.39, 0.29) is 5.91 Å². The van der Waals surface area contributed by atoms with E-state index >= 15 is 0 Å². The fraction of sp³-hybridized carbons (Fsp3) is 0.529. The highest BCUT2D eigenvalue weighted by Crippen LogP contribution is 2.23. The lowest BCUT2D eigenvalue weighted by atomic mass is 9.95. The fourth-order valence-corrected chi connectivity index (χ4v) is 2.68. The van der Waals surface area contributed by atoms with E-state index in [1.165, 1.54) is 19.3 Å². The molecule has 0 heterocycles. The van der Waals surface area contributed by atoms with Crippen molar-refractivity contribution in [1.29, 1.82) is 0 Å². The summed E-state index contributed by atoms with van der Waals surface area (Å²) < 4.78 is 10.4. The van der Waals surface area contributed by atoms with E-state index in [1.807, 2.05) is 12.1 Å². The van der Waals surface area contributed by atoms with Crippen molar-refractivity contribution in [3.05, 3.63) is 23.8 Å². The summed E-state index contributed by atoms with van der Waals surface area (Å²) in [5, 5.41) is 7.26. The molecular formula is C17H25N3O3. The summed E-state index contributed by atoms with van der Waals surface area (Å²) in [6.45, 7) is 0.293. The number of carbonyl (C=O) groups excluding carboxylic acids is 1. The average Bonchev–Trinajstić information content (AvgIpc) is 2.61. The Morgan fingerprint density at radius 2 is 2.04 bits per heavy atom. The standard InChI is InChI=1S/C17H25N3O3/c1-22-15-9-8-13(16(10-15)23-2)11-19-20-17(21)12-18-14-6-4-3-5-7-14/h8-11,14,18H,3-7,12H2,1-2H3,(H,20,21)/b19-11-. The molecule has 0 spiro atoms. The molecule has 0 radical (unpaired) electrons. The average molecular weight is 319 g/mol. The number of amides is 1. The highest BCUT2D eigenvalue weighted by Gasteiger charge is 2.13. The number of carbonyl (C=O) groups is 1.